The maximum absolute atomic E-state index is 11.3. The predicted molar refractivity (Wildman–Crippen MR) is 73.2 cm³/mol. The molecule has 0 fully saturated rings. The van der Waals surface area contributed by atoms with E-state index in [1.807, 2.05) is 47.2 Å². The van der Waals surface area contributed by atoms with Crippen molar-refractivity contribution < 1.29 is 4.79 Å². The third-order valence-corrected chi connectivity index (χ3v) is 4.36. The summed E-state index contributed by atoms with van der Waals surface area (Å²) in [5, 5.41) is 4.03. The van der Waals surface area contributed by atoms with Crippen LogP contribution in [-0.4, -0.2) is 11.0 Å². The van der Waals surface area contributed by atoms with Gasteiger partial charge >= 0.3 is 0 Å². The van der Waals surface area contributed by atoms with Gasteiger partial charge in [-0.15, -0.1) is 22.7 Å². The zero-order valence-electron chi connectivity index (χ0n) is 8.87. The van der Waals surface area contributed by atoms with Crippen LogP contribution in [0.15, 0.2) is 47.2 Å². The van der Waals surface area contributed by atoms with Crippen LogP contribution in [0, 0.1) is 0 Å². The molecule has 17 heavy (non-hydrogen) atoms. The molecule has 84 valence electrons. The summed E-state index contributed by atoms with van der Waals surface area (Å²) < 4.78 is 1.71. The fraction of sp³-hybridized carbons (Fsp3) is 0. The minimum atomic E-state index is 0.879. The highest BCUT2D eigenvalue weighted by Gasteiger charge is 2.12. The molecule has 0 radical (unpaired) electrons. The number of hydrogen-bond acceptors (Lipinski definition) is 3. The van der Waals surface area contributed by atoms with Crippen molar-refractivity contribution in [1.29, 1.82) is 0 Å². The number of aromatic nitrogens is 1. The number of rotatable bonds is 3. The largest absolute Gasteiger partial charge is 0.281 e. The molecule has 0 aliphatic carbocycles. The second-order valence-electron chi connectivity index (χ2n) is 3.53. The number of hydrogen-bond donors (Lipinski definition) is 0. The van der Waals surface area contributed by atoms with E-state index >= 15 is 0 Å². The van der Waals surface area contributed by atoms with E-state index in [0.29, 0.717) is 0 Å². The molecule has 0 N–H and O–H groups in total. The van der Waals surface area contributed by atoms with Crippen molar-refractivity contribution >= 4 is 29.1 Å². The van der Waals surface area contributed by atoms with E-state index in [2.05, 4.69) is 0 Å². The Morgan fingerprint density at radius 3 is 1.76 bits per heavy atom. The summed E-state index contributed by atoms with van der Waals surface area (Å²) in [6, 6.07) is 12.0. The molecule has 0 saturated heterocycles. The number of thiophene rings is 2. The maximum atomic E-state index is 11.3. The van der Waals surface area contributed by atoms with Crippen LogP contribution in [0.5, 0.6) is 0 Å². The van der Waals surface area contributed by atoms with Gasteiger partial charge in [0, 0.05) is 0 Å². The second kappa shape index (κ2) is 4.31. The normalized spacial score (nSPS) is 10.6. The topological polar surface area (TPSA) is 22.0 Å². The molecule has 0 aliphatic heterocycles. The smallest absolute Gasteiger partial charge is 0.218 e. The Hall–Kier alpha value is -1.65. The molecule has 0 spiro atoms. The van der Waals surface area contributed by atoms with Crippen LogP contribution in [-0.2, 0) is 4.79 Å². The van der Waals surface area contributed by atoms with E-state index < -0.39 is 0 Å². The first-order valence-electron chi connectivity index (χ1n) is 5.14. The molecular weight excluding hydrogens is 250 g/mol. The van der Waals surface area contributed by atoms with E-state index in [4.69, 9.17) is 0 Å². The highest BCUT2D eigenvalue weighted by Crippen LogP contribution is 2.32. The van der Waals surface area contributed by atoms with Crippen molar-refractivity contribution in [2.45, 2.75) is 0 Å². The Morgan fingerprint density at radius 2 is 1.41 bits per heavy atom. The van der Waals surface area contributed by atoms with Gasteiger partial charge in [0.05, 0.1) is 21.1 Å². The monoisotopic (exact) mass is 259 g/mol. The molecule has 0 aromatic carbocycles. The minimum Gasteiger partial charge on any atom is -0.281 e. The first-order valence-corrected chi connectivity index (χ1v) is 6.90. The van der Waals surface area contributed by atoms with E-state index in [0.717, 1.165) is 27.6 Å². The van der Waals surface area contributed by atoms with Crippen molar-refractivity contribution in [3.05, 3.63) is 47.2 Å². The first kappa shape index (κ1) is 10.5. The molecule has 3 heterocycles. The molecular formula is C13H9NOS2. The van der Waals surface area contributed by atoms with Gasteiger partial charge in [0.1, 0.15) is 0 Å². The van der Waals surface area contributed by atoms with Gasteiger partial charge in [-0.3, -0.25) is 9.36 Å². The molecule has 0 atom stereocenters. The maximum Gasteiger partial charge on any atom is 0.218 e. The van der Waals surface area contributed by atoms with Gasteiger partial charge in [-0.1, -0.05) is 12.1 Å². The van der Waals surface area contributed by atoms with E-state index in [9.17, 15) is 4.79 Å². The third kappa shape index (κ3) is 1.75. The Bertz CT molecular complexity index is 569. The van der Waals surface area contributed by atoms with Gasteiger partial charge in [0.2, 0.25) is 6.41 Å². The fourth-order valence-corrected chi connectivity index (χ4v) is 3.31. The Kier molecular flexibility index (Phi) is 2.66. The number of carbonyl (C=O) groups is 1. The van der Waals surface area contributed by atoms with Crippen LogP contribution in [0.2, 0.25) is 0 Å². The van der Waals surface area contributed by atoms with Gasteiger partial charge in [-0.2, -0.15) is 0 Å². The Morgan fingerprint density at radius 1 is 0.882 bits per heavy atom. The zero-order valence-corrected chi connectivity index (χ0v) is 10.5. The Balaban J connectivity index is 2.17. The van der Waals surface area contributed by atoms with E-state index in [-0.39, 0.29) is 0 Å². The van der Waals surface area contributed by atoms with Crippen LogP contribution < -0.4 is 0 Å². The highest BCUT2D eigenvalue weighted by atomic mass is 32.1. The summed E-state index contributed by atoms with van der Waals surface area (Å²) in [7, 11) is 0. The summed E-state index contributed by atoms with van der Waals surface area (Å²) >= 11 is 3.28. The summed E-state index contributed by atoms with van der Waals surface area (Å²) in [5.41, 5.74) is 1.91. The standard InChI is InChI=1S/C13H9NOS2/c15-9-14-10(12-3-1-7-16-12)5-6-11(14)13-4-2-8-17-13/h1-9H. The lowest BCUT2D eigenvalue weighted by Gasteiger charge is -2.02. The van der Waals surface area contributed by atoms with Gasteiger partial charge in [0.15, 0.2) is 0 Å². The molecule has 0 bridgehead atoms. The molecule has 0 amide bonds. The molecule has 3 aromatic heterocycles. The van der Waals surface area contributed by atoms with Crippen LogP contribution >= 0.6 is 22.7 Å². The van der Waals surface area contributed by atoms with Crippen LogP contribution in [0.3, 0.4) is 0 Å². The van der Waals surface area contributed by atoms with Crippen LogP contribution in [0.1, 0.15) is 0 Å². The molecule has 3 rings (SSSR count). The van der Waals surface area contributed by atoms with Gasteiger partial charge in [-0.05, 0) is 35.0 Å². The van der Waals surface area contributed by atoms with Gasteiger partial charge in [-0.25, -0.2) is 0 Å². The van der Waals surface area contributed by atoms with Crippen molar-refractivity contribution in [1.82, 2.24) is 4.57 Å². The average Bonchev–Trinajstić information content (AvgIpc) is 3.09. The minimum absolute atomic E-state index is 0.879. The van der Waals surface area contributed by atoms with E-state index in [1.54, 1.807) is 27.2 Å². The van der Waals surface area contributed by atoms with Gasteiger partial charge < -0.3 is 0 Å². The van der Waals surface area contributed by atoms with Gasteiger partial charge in [0.25, 0.3) is 0 Å². The molecule has 4 heteroatoms. The quantitative estimate of drug-likeness (QED) is 0.652. The molecule has 0 unspecified atom stereocenters. The lowest BCUT2D eigenvalue weighted by atomic mass is 10.3. The second-order valence-corrected chi connectivity index (χ2v) is 5.43. The zero-order chi connectivity index (χ0) is 11.7. The van der Waals surface area contributed by atoms with E-state index in [1.165, 1.54) is 0 Å². The van der Waals surface area contributed by atoms with Crippen molar-refractivity contribution in [3.63, 3.8) is 0 Å². The lowest BCUT2D eigenvalue weighted by Crippen LogP contribution is -1.97. The third-order valence-electron chi connectivity index (χ3n) is 2.57. The Labute approximate surface area is 107 Å². The summed E-state index contributed by atoms with van der Waals surface area (Å²) in [6.45, 7) is 0. The predicted octanol–water partition coefficient (Wildman–Crippen LogP) is 3.98. The molecule has 2 nitrogen and oxygen atoms in total. The summed E-state index contributed by atoms with van der Waals surface area (Å²) in [4.78, 5) is 13.5. The summed E-state index contributed by atoms with van der Waals surface area (Å²) in [6.07, 6.45) is 0.879. The molecule has 0 aliphatic rings. The van der Waals surface area contributed by atoms with Crippen LogP contribution in [0.4, 0.5) is 0 Å². The average molecular weight is 259 g/mol. The van der Waals surface area contributed by atoms with Crippen molar-refractivity contribution in [2.24, 2.45) is 0 Å². The SMILES string of the molecule is O=Cn1c(-c2cccs2)ccc1-c1cccs1. The number of nitrogens with zero attached hydrogens (tertiary/aromatic N) is 1. The number of carbonyl (C=O) groups excluding carboxylic acids is 1. The fourth-order valence-electron chi connectivity index (χ4n) is 1.81. The van der Waals surface area contributed by atoms with Crippen molar-refractivity contribution in [2.75, 3.05) is 0 Å². The lowest BCUT2D eigenvalue weighted by molar-refractivity contribution is 0.548. The molecule has 3 aromatic rings. The molecule has 0 saturated carbocycles. The highest BCUT2D eigenvalue weighted by molar-refractivity contribution is 7.14. The summed E-state index contributed by atoms with van der Waals surface area (Å²) in [5.74, 6) is 0. The van der Waals surface area contributed by atoms with Crippen molar-refractivity contribution in [3.8, 4) is 21.1 Å². The van der Waals surface area contributed by atoms with Crippen LogP contribution in [0.25, 0.3) is 21.1 Å². The first-order chi connectivity index (χ1) is 8.40.